The lowest BCUT2D eigenvalue weighted by molar-refractivity contribution is 0.162. The first kappa shape index (κ1) is 12.0. The Kier molecular flexibility index (Phi) is 4.42. The molecule has 0 saturated carbocycles. The second kappa shape index (κ2) is 5.15. The molecule has 0 unspecified atom stereocenters. The highest BCUT2D eigenvalue weighted by Gasteiger charge is 2.27. The van der Waals surface area contributed by atoms with Crippen LogP contribution in [0.25, 0.3) is 0 Å². The molecule has 1 heterocycles. The van der Waals surface area contributed by atoms with E-state index in [4.69, 9.17) is 11.6 Å². The normalized spacial score (nSPS) is 23.9. The van der Waals surface area contributed by atoms with Crippen molar-refractivity contribution in [2.45, 2.75) is 32.2 Å². The van der Waals surface area contributed by atoms with Gasteiger partial charge in [0.25, 0.3) is 0 Å². The molecule has 0 bridgehead atoms. The molecule has 0 aliphatic carbocycles. The molecule has 0 atom stereocenters. The molecular weight excluding hydrogens is 196 g/mol. The van der Waals surface area contributed by atoms with Gasteiger partial charge in [-0.2, -0.15) is 0 Å². The second-order valence-electron chi connectivity index (χ2n) is 4.54. The SMILES string of the molecule is CNC1(C)CCN(C/C(C)=C/Cl)CC1. The molecule has 1 N–H and O–H groups in total. The van der Waals surface area contributed by atoms with Crippen molar-refractivity contribution < 1.29 is 0 Å². The minimum atomic E-state index is 0.342. The number of nitrogens with zero attached hydrogens (tertiary/aromatic N) is 1. The molecule has 82 valence electrons. The van der Waals surface area contributed by atoms with E-state index in [9.17, 15) is 0 Å². The Morgan fingerprint density at radius 1 is 1.50 bits per heavy atom. The summed E-state index contributed by atoms with van der Waals surface area (Å²) in [5.41, 5.74) is 3.28. The van der Waals surface area contributed by atoms with Gasteiger partial charge >= 0.3 is 0 Å². The molecule has 14 heavy (non-hydrogen) atoms. The molecule has 0 spiro atoms. The Morgan fingerprint density at radius 3 is 2.50 bits per heavy atom. The maximum absolute atomic E-state index is 5.65. The molecule has 0 amide bonds. The number of nitrogens with one attached hydrogen (secondary N) is 1. The summed E-state index contributed by atoms with van der Waals surface area (Å²) in [6, 6.07) is 0. The van der Waals surface area contributed by atoms with Crippen LogP contribution in [-0.2, 0) is 0 Å². The summed E-state index contributed by atoms with van der Waals surface area (Å²) in [5.74, 6) is 0. The lowest BCUT2D eigenvalue weighted by atomic mass is 9.90. The van der Waals surface area contributed by atoms with Crippen molar-refractivity contribution in [1.82, 2.24) is 10.2 Å². The largest absolute Gasteiger partial charge is 0.314 e. The van der Waals surface area contributed by atoms with Crippen molar-refractivity contribution in [2.24, 2.45) is 0 Å². The minimum Gasteiger partial charge on any atom is -0.314 e. The van der Waals surface area contributed by atoms with Gasteiger partial charge in [-0.05, 0) is 39.3 Å². The zero-order valence-electron chi connectivity index (χ0n) is 9.44. The highest BCUT2D eigenvalue weighted by molar-refractivity contribution is 6.25. The van der Waals surface area contributed by atoms with Crippen molar-refractivity contribution in [3.05, 3.63) is 11.1 Å². The van der Waals surface area contributed by atoms with Gasteiger partial charge in [0.05, 0.1) is 0 Å². The molecule has 0 aromatic rings. The smallest absolute Gasteiger partial charge is 0.0201 e. The van der Waals surface area contributed by atoms with Gasteiger partial charge in [0.2, 0.25) is 0 Å². The van der Waals surface area contributed by atoms with Crippen molar-refractivity contribution in [1.29, 1.82) is 0 Å². The number of likely N-dealkylation sites (tertiary alicyclic amines) is 1. The lowest BCUT2D eigenvalue weighted by Crippen LogP contribution is -2.50. The predicted octanol–water partition coefficient (Wildman–Crippen LogP) is 2.20. The second-order valence-corrected chi connectivity index (χ2v) is 4.76. The van der Waals surface area contributed by atoms with E-state index in [1.807, 2.05) is 0 Å². The number of hydrogen-bond acceptors (Lipinski definition) is 2. The third kappa shape index (κ3) is 3.26. The standard InChI is InChI=1S/C11H21ClN2/c1-10(8-12)9-14-6-4-11(2,13-3)5-7-14/h8,13H,4-7,9H2,1-3H3/b10-8+. The molecule has 1 aliphatic rings. The molecule has 3 heteroatoms. The predicted molar refractivity (Wildman–Crippen MR) is 62.7 cm³/mol. The van der Waals surface area contributed by atoms with Gasteiger partial charge in [0.15, 0.2) is 0 Å². The van der Waals surface area contributed by atoms with Crippen LogP contribution in [0, 0.1) is 0 Å². The van der Waals surface area contributed by atoms with Gasteiger partial charge in [-0.1, -0.05) is 11.6 Å². The molecule has 2 nitrogen and oxygen atoms in total. The number of halogens is 1. The first-order chi connectivity index (χ1) is 6.59. The Morgan fingerprint density at radius 2 is 2.07 bits per heavy atom. The monoisotopic (exact) mass is 216 g/mol. The van der Waals surface area contributed by atoms with Crippen LogP contribution in [-0.4, -0.2) is 37.1 Å². The molecule has 0 aromatic carbocycles. The molecular formula is C11H21ClN2. The van der Waals surface area contributed by atoms with Gasteiger partial charge in [-0.25, -0.2) is 0 Å². The Balaban J connectivity index is 2.36. The van der Waals surface area contributed by atoms with Crippen LogP contribution in [0.1, 0.15) is 26.7 Å². The van der Waals surface area contributed by atoms with Crippen LogP contribution >= 0.6 is 11.6 Å². The molecule has 0 radical (unpaired) electrons. The summed E-state index contributed by atoms with van der Waals surface area (Å²) >= 11 is 5.65. The number of rotatable bonds is 3. The van der Waals surface area contributed by atoms with Gasteiger partial charge < -0.3 is 5.32 Å². The third-order valence-electron chi connectivity index (χ3n) is 3.22. The summed E-state index contributed by atoms with van der Waals surface area (Å²) in [5, 5.41) is 3.40. The lowest BCUT2D eigenvalue weighted by Gasteiger charge is -2.39. The quantitative estimate of drug-likeness (QED) is 0.778. The number of hydrogen-bond donors (Lipinski definition) is 1. The Bertz CT molecular complexity index is 205. The van der Waals surface area contributed by atoms with E-state index in [2.05, 4.69) is 31.1 Å². The van der Waals surface area contributed by atoms with E-state index in [0.717, 1.165) is 6.54 Å². The summed E-state index contributed by atoms with van der Waals surface area (Å²) in [6.45, 7) is 7.73. The van der Waals surface area contributed by atoms with Crippen LogP contribution in [0.2, 0.25) is 0 Å². The molecule has 1 saturated heterocycles. The molecule has 1 rings (SSSR count). The topological polar surface area (TPSA) is 15.3 Å². The fourth-order valence-corrected chi connectivity index (χ4v) is 1.91. The van der Waals surface area contributed by atoms with Crippen LogP contribution in [0.15, 0.2) is 11.1 Å². The minimum absolute atomic E-state index is 0.342. The van der Waals surface area contributed by atoms with Crippen LogP contribution in [0.3, 0.4) is 0 Å². The molecule has 1 aliphatic heterocycles. The van der Waals surface area contributed by atoms with Gasteiger partial charge in [-0.15, -0.1) is 0 Å². The third-order valence-corrected chi connectivity index (χ3v) is 3.59. The van der Waals surface area contributed by atoms with Crippen LogP contribution in [0.5, 0.6) is 0 Å². The van der Waals surface area contributed by atoms with E-state index >= 15 is 0 Å². The van der Waals surface area contributed by atoms with Crippen molar-refractivity contribution in [2.75, 3.05) is 26.7 Å². The Labute approximate surface area is 92.3 Å². The van der Waals surface area contributed by atoms with E-state index < -0.39 is 0 Å². The van der Waals surface area contributed by atoms with Crippen LogP contribution in [0.4, 0.5) is 0 Å². The highest BCUT2D eigenvalue weighted by Crippen LogP contribution is 2.21. The highest BCUT2D eigenvalue weighted by atomic mass is 35.5. The maximum atomic E-state index is 5.65. The fourth-order valence-electron chi connectivity index (χ4n) is 1.84. The first-order valence-corrected chi connectivity index (χ1v) is 5.70. The fraction of sp³-hybridized carbons (Fsp3) is 0.818. The van der Waals surface area contributed by atoms with Gasteiger partial charge in [0.1, 0.15) is 0 Å². The summed E-state index contributed by atoms with van der Waals surface area (Å²) in [7, 11) is 2.06. The summed E-state index contributed by atoms with van der Waals surface area (Å²) < 4.78 is 0. The van der Waals surface area contributed by atoms with E-state index in [0.29, 0.717) is 5.54 Å². The molecule has 0 aromatic heterocycles. The van der Waals surface area contributed by atoms with Crippen molar-refractivity contribution >= 4 is 11.6 Å². The summed E-state index contributed by atoms with van der Waals surface area (Å²) in [4.78, 5) is 2.47. The van der Waals surface area contributed by atoms with Crippen LogP contribution < -0.4 is 5.32 Å². The first-order valence-electron chi connectivity index (χ1n) is 5.27. The molecule has 1 fully saturated rings. The number of piperidine rings is 1. The van der Waals surface area contributed by atoms with Crippen molar-refractivity contribution in [3.63, 3.8) is 0 Å². The Hall–Kier alpha value is -0.0500. The van der Waals surface area contributed by atoms with Gasteiger partial charge in [0, 0.05) is 30.7 Å². The maximum Gasteiger partial charge on any atom is 0.0201 e. The van der Waals surface area contributed by atoms with E-state index in [1.54, 1.807) is 5.54 Å². The van der Waals surface area contributed by atoms with Crippen molar-refractivity contribution in [3.8, 4) is 0 Å². The average Bonchev–Trinajstić information content (AvgIpc) is 2.21. The zero-order valence-corrected chi connectivity index (χ0v) is 10.2. The van der Waals surface area contributed by atoms with E-state index in [-0.39, 0.29) is 0 Å². The average molecular weight is 217 g/mol. The van der Waals surface area contributed by atoms with E-state index in [1.165, 1.54) is 31.5 Å². The zero-order chi connectivity index (χ0) is 10.6. The van der Waals surface area contributed by atoms with Gasteiger partial charge in [-0.3, -0.25) is 4.90 Å². The summed E-state index contributed by atoms with van der Waals surface area (Å²) in [6.07, 6.45) is 2.44.